The molecule has 1 aliphatic heterocycles. The number of fused-ring (bicyclic) bond motifs is 1. The van der Waals surface area contributed by atoms with Crippen molar-refractivity contribution in [3.8, 4) is 0 Å². The molecule has 1 N–H and O–H groups in total. The second-order valence-electron chi connectivity index (χ2n) is 5.16. The van der Waals surface area contributed by atoms with E-state index in [0.717, 1.165) is 13.0 Å². The lowest BCUT2D eigenvalue weighted by Gasteiger charge is -2.11. The Balaban J connectivity index is 1.67. The third-order valence-corrected chi connectivity index (χ3v) is 3.61. The second-order valence-corrected chi connectivity index (χ2v) is 5.16. The highest BCUT2D eigenvalue weighted by molar-refractivity contribution is 5.82. The van der Waals surface area contributed by atoms with E-state index < -0.39 is 0 Å². The summed E-state index contributed by atoms with van der Waals surface area (Å²) in [5, 5.41) is 5.99. The summed E-state index contributed by atoms with van der Waals surface area (Å²) in [5.74, 6) is 0. The van der Waals surface area contributed by atoms with E-state index in [9.17, 15) is 0 Å². The van der Waals surface area contributed by atoms with Gasteiger partial charge in [-0.2, -0.15) is 0 Å². The van der Waals surface area contributed by atoms with Gasteiger partial charge in [-0.25, -0.2) is 0 Å². The maximum Gasteiger partial charge on any atom is 0.0721 e. The van der Waals surface area contributed by atoms with Gasteiger partial charge in [0, 0.05) is 12.6 Å². The highest BCUT2D eigenvalue weighted by Crippen LogP contribution is 2.18. The van der Waals surface area contributed by atoms with E-state index >= 15 is 0 Å². The van der Waals surface area contributed by atoms with Gasteiger partial charge in [-0.05, 0) is 35.7 Å². The summed E-state index contributed by atoms with van der Waals surface area (Å²) in [7, 11) is 0. The largest absolute Gasteiger partial charge is 0.372 e. The van der Waals surface area contributed by atoms with Gasteiger partial charge >= 0.3 is 0 Å². The minimum atomic E-state index is 0.367. The average Bonchev–Trinajstić information content (AvgIpc) is 2.82. The quantitative estimate of drug-likeness (QED) is 0.891. The van der Waals surface area contributed by atoms with Crippen molar-refractivity contribution < 1.29 is 4.74 Å². The van der Waals surface area contributed by atoms with Gasteiger partial charge < -0.3 is 10.1 Å². The molecule has 0 aliphatic carbocycles. The summed E-state index contributed by atoms with van der Waals surface area (Å²) in [6.45, 7) is 3.90. The van der Waals surface area contributed by atoms with Crippen LogP contribution in [-0.2, 0) is 11.3 Å². The van der Waals surface area contributed by atoms with Gasteiger partial charge in [0.15, 0.2) is 0 Å². The van der Waals surface area contributed by atoms with Crippen molar-refractivity contribution in [2.24, 2.45) is 0 Å². The minimum absolute atomic E-state index is 0.367. The van der Waals surface area contributed by atoms with Crippen molar-refractivity contribution >= 4 is 10.8 Å². The van der Waals surface area contributed by atoms with Crippen LogP contribution in [0.1, 0.15) is 18.9 Å². The lowest BCUT2D eigenvalue weighted by Crippen LogP contribution is -2.18. The van der Waals surface area contributed by atoms with Crippen molar-refractivity contribution in [1.82, 2.24) is 5.32 Å². The zero-order valence-corrected chi connectivity index (χ0v) is 10.7. The van der Waals surface area contributed by atoms with Crippen LogP contribution >= 0.6 is 0 Å². The van der Waals surface area contributed by atoms with Crippen LogP contribution in [0.25, 0.3) is 10.8 Å². The molecular weight excluding hydrogens is 222 g/mol. The van der Waals surface area contributed by atoms with Crippen LogP contribution in [0.3, 0.4) is 0 Å². The van der Waals surface area contributed by atoms with E-state index in [2.05, 4.69) is 54.7 Å². The number of rotatable bonds is 3. The summed E-state index contributed by atoms with van der Waals surface area (Å²) >= 11 is 0. The van der Waals surface area contributed by atoms with E-state index in [1.807, 2.05) is 0 Å². The molecule has 2 aromatic rings. The Labute approximate surface area is 108 Å². The summed E-state index contributed by atoms with van der Waals surface area (Å²) in [6, 6.07) is 15.6. The summed E-state index contributed by atoms with van der Waals surface area (Å²) < 4.78 is 5.95. The van der Waals surface area contributed by atoms with Crippen molar-refractivity contribution in [3.05, 3.63) is 48.0 Å². The molecule has 0 saturated carbocycles. The Morgan fingerprint density at radius 1 is 1.17 bits per heavy atom. The Hall–Kier alpha value is -1.38. The Bertz CT molecular complexity index is 537. The first-order valence-electron chi connectivity index (χ1n) is 6.64. The molecule has 2 aromatic carbocycles. The third-order valence-electron chi connectivity index (χ3n) is 3.61. The molecule has 2 nitrogen and oxygen atoms in total. The first-order valence-corrected chi connectivity index (χ1v) is 6.64. The topological polar surface area (TPSA) is 21.3 Å². The second kappa shape index (κ2) is 5.09. The Morgan fingerprint density at radius 2 is 2.00 bits per heavy atom. The van der Waals surface area contributed by atoms with Gasteiger partial charge in [-0.15, -0.1) is 0 Å². The fourth-order valence-corrected chi connectivity index (χ4v) is 2.56. The number of hydrogen-bond acceptors (Lipinski definition) is 2. The minimum Gasteiger partial charge on any atom is -0.372 e. The smallest absolute Gasteiger partial charge is 0.0721 e. The molecule has 2 unspecified atom stereocenters. The SMILES string of the molecule is CC1CC(OCc2ccc3ccccc3c2)CN1. The number of benzene rings is 2. The first kappa shape index (κ1) is 11.7. The summed E-state index contributed by atoms with van der Waals surface area (Å²) in [6.07, 6.45) is 1.49. The molecule has 3 rings (SSSR count). The molecule has 2 atom stereocenters. The van der Waals surface area contributed by atoms with Crippen LogP contribution in [0.4, 0.5) is 0 Å². The maximum atomic E-state index is 5.95. The van der Waals surface area contributed by atoms with Gasteiger partial charge in [0.2, 0.25) is 0 Å². The van der Waals surface area contributed by atoms with Crippen LogP contribution in [0.15, 0.2) is 42.5 Å². The molecule has 1 fully saturated rings. The molecule has 0 spiro atoms. The van der Waals surface area contributed by atoms with Crippen LogP contribution < -0.4 is 5.32 Å². The normalized spacial score (nSPS) is 23.6. The Morgan fingerprint density at radius 3 is 2.78 bits per heavy atom. The van der Waals surface area contributed by atoms with E-state index in [4.69, 9.17) is 4.74 Å². The molecule has 1 saturated heterocycles. The molecule has 1 heterocycles. The molecule has 0 bridgehead atoms. The fourth-order valence-electron chi connectivity index (χ4n) is 2.56. The van der Waals surface area contributed by atoms with Crippen LogP contribution in [0.2, 0.25) is 0 Å². The number of nitrogens with one attached hydrogen (secondary N) is 1. The van der Waals surface area contributed by atoms with Crippen molar-refractivity contribution in [1.29, 1.82) is 0 Å². The van der Waals surface area contributed by atoms with Gasteiger partial charge in [-0.1, -0.05) is 36.4 Å². The number of hydrogen-bond donors (Lipinski definition) is 1. The molecule has 18 heavy (non-hydrogen) atoms. The van der Waals surface area contributed by atoms with E-state index in [0.29, 0.717) is 18.8 Å². The van der Waals surface area contributed by atoms with Gasteiger partial charge in [0.25, 0.3) is 0 Å². The number of ether oxygens (including phenoxy) is 1. The van der Waals surface area contributed by atoms with Gasteiger partial charge in [0.1, 0.15) is 0 Å². The molecule has 0 aromatic heterocycles. The van der Waals surface area contributed by atoms with Gasteiger partial charge in [0.05, 0.1) is 12.7 Å². The van der Waals surface area contributed by atoms with E-state index in [1.54, 1.807) is 0 Å². The van der Waals surface area contributed by atoms with Crippen LogP contribution in [-0.4, -0.2) is 18.7 Å². The highest BCUT2D eigenvalue weighted by atomic mass is 16.5. The fraction of sp³-hybridized carbons (Fsp3) is 0.375. The predicted molar refractivity (Wildman–Crippen MR) is 74.6 cm³/mol. The molecule has 1 aliphatic rings. The molecule has 0 amide bonds. The van der Waals surface area contributed by atoms with Crippen LogP contribution in [0.5, 0.6) is 0 Å². The van der Waals surface area contributed by atoms with E-state index in [1.165, 1.54) is 16.3 Å². The van der Waals surface area contributed by atoms with Crippen molar-refractivity contribution in [3.63, 3.8) is 0 Å². The average molecular weight is 241 g/mol. The molecular formula is C16H19NO. The Kier molecular flexibility index (Phi) is 3.31. The molecule has 94 valence electrons. The summed E-state index contributed by atoms with van der Waals surface area (Å²) in [5.41, 5.74) is 1.26. The lowest BCUT2D eigenvalue weighted by atomic mass is 10.1. The van der Waals surface area contributed by atoms with Crippen molar-refractivity contribution in [2.75, 3.05) is 6.54 Å². The lowest BCUT2D eigenvalue weighted by molar-refractivity contribution is 0.0529. The maximum absolute atomic E-state index is 5.95. The first-order chi connectivity index (χ1) is 8.81. The van der Waals surface area contributed by atoms with Crippen LogP contribution in [0, 0.1) is 0 Å². The van der Waals surface area contributed by atoms with Crippen molar-refractivity contribution in [2.45, 2.75) is 32.1 Å². The summed E-state index contributed by atoms with van der Waals surface area (Å²) in [4.78, 5) is 0. The standard InChI is InChI=1S/C16H19NO/c1-12-8-16(10-17-12)18-11-13-6-7-14-4-2-3-5-15(14)9-13/h2-7,9,12,16-17H,8,10-11H2,1H3. The third kappa shape index (κ3) is 2.55. The zero-order chi connectivity index (χ0) is 12.4. The van der Waals surface area contributed by atoms with E-state index in [-0.39, 0.29) is 0 Å². The highest BCUT2D eigenvalue weighted by Gasteiger charge is 2.20. The zero-order valence-electron chi connectivity index (χ0n) is 10.7. The predicted octanol–water partition coefficient (Wildman–Crippen LogP) is 3.11. The monoisotopic (exact) mass is 241 g/mol. The molecule has 2 heteroatoms. The van der Waals surface area contributed by atoms with Gasteiger partial charge in [-0.3, -0.25) is 0 Å². The molecule has 0 radical (unpaired) electrons.